The van der Waals surface area contributed by atoms with Crippen molar-refractivity contribution in [3.63, 3.8) is 0 Å². The highest BCUT2D eigenvalue weighted by Crippen LogP contribution is 2.28. The second-order valence-corrected chi connectivity index (χ2v) is 7.46. The highest BCUT2D eigenvalue weighted by Gasteiger charge is 2.25. The molecule has 6 heteroatoms. The number of guanidine groups is 1. The molecular weight excluding hydrogens is 378 g/mol. The van der Waals surface area contributed by atoms with Crippen molar-refractivity contribution < 1.29 is 14.2 Å². The summed E-state index contributed by atoms with van der Waals surface area (Å²) >= 11 is 0. The molecule has 0 amide bonds. The summed E-state index contributed by atoms with van der Waals surface area (Å²) in [6.45, 7) is 6.95. The Hall–Kier alpha value is -2.73. The van der Waals surface area contributed by atoms with Gasteiger partial charge in [0.25, 0.3) is 0 Å². The van der Waals surface area contributed by atoms with Crippen molar-refractivity contribution >= 4 is 5.96 Å². The van der Waals surface area contributed by atoms with Crippen LogP contribution >= 0.6 is 0 Å². The van der Waals surface area contributed by atoms with Crippen molar-refractivity contribution in [2.24, 2.45) is 10.9 Å². The van der Waals surface area contributed by atoms with Crippen LogP contribution in [0.2, 0.25) is 0 Å². The summed E-state index contributed by atoms with van der Waals surface area (Å²) in [6.07, 6.45) is 1.12. The summed E-state index contributed by atoms with van der Waals surface area (Å²) in [5.41, 5.74) is 2.31. The Morgan fingerprint density at radius 3 is 2.60 bits per heavy atom. The van der Waals surface area contributed by atoms with E-state index in [2.05, 4.69) is 29.3 Å². The second-order valence-electron chi connectivity index (χ2n) is 7.46. The molecule has 3 rings (SSSR count). The quantitative estimate of drug-likeness (QED) is 0.504. The van der Waals surface area contributed by atoms with E-state index in [1.807, 2.05) is 36.4 Å². The van der Waals surface area contributed by atoms with Gasteiger partial charge in [-0.25, -0.2) is 4.99 Å². The average molecular weight is 412 g/mol. The molecule has 1 heterocycles. The maximum Gasteiger partial charge on any atom is 0.194 e. The number of nitrogens with one attached hydrogen (secondary N) is 1. The highest BCUT2D eigenvalue weighted by atomic mass is 16.5. The molecular formula is C24H33N3O3. The van der Waals surface area contributed by atoms with Crippen molar-refractivity contribution in [3.8, 4) is 11.5 Å². The molecule has 2 aromatic rings. The molecule has 0 aliphatic carbocycles. The predicted molar refractivity (Wildman–Crippen MR) is 120 cm³/mol. The molecule has 0 aromatic heterocycles. The van der Waals surface area contributed by atoms with E-state index in [9.17, 15) is 0 Å². The fourth-order valence-corrected chi connectivity index (χ4v) is 3.65. The first-order valence-electron chi connectivity index (χ1n) is 10.6. The Bertz CT molecular complexity index is 811. The topological polar surface area (TPSA) is 55.3 Å². The number of methoxy groups -OCH3 is 2. The molecule has 1 unspecified atom stereocenters. The van der Waals surface area contributed by atoms with E-state index in [-0.39, 0.29) is 0 Å². The van der Waals surface area contributed by atoms with Crippen LogP contribution in [-0.2, 0) is 17.9 Å². The zero-order chi connectivity index (χ0) is 21.2. The van der Waals surface area contributed by atoms with E-state index in [1.54, 1.807) is 14.2 Å². The molecule has 30 heavy (non-hydrogen) atoms. The normalized spacial score (nSPS) is 16.6. The number of hydrogen-bond acceptors (Lipinski definition) is 4. The molecule has 0 bridgehead atoms. The molecule has 0 radical (unpaired) electrons. The van der Waals surface area contributed by atoms with Gasteiger partial charge >= 0.3 is 0 Å². The van der Waals surface area contributed by atoms with Crippen LogP contribution in [0.15, 0.2) is 53.5 Å². The van der Waals surface area contributed by atoms with Crippen LogP contribution in [0.5, 0.6) is 11.5 Å². The lowest BCUT2D eigenvalue weighted by Crippen LogP contribution is -2.40. The van der Waals surface area contributed by atoms with Crippen LogP contribution in [-0.4, -0.2) is 51.3 Å². The molecule has 2 aromatic carbocycles. The molecule has 162 valence electrons. The van der Waals surface area contributed by atoms with Gasteiger partial charge in [0, 0.05) is 25.6 Å². The zero-order valence-electron chi connectivity index (χ0n) is 18.3. The molecule has 1 fully saturated rings. The second kappa shape index (κ2) is 11.5. The summed E-state index contributed by atoms with van der Waals surface area (Å²) in [7, 11) is 3.30. The summed E-state index contributed by atoms with van der Waals surface area (Å²) in [5, 5.41) is 3.43. The molecule has 0 spiro atoms. The maximum absolute atomic E-state index is 5.96. The van der Waals surface area contributed by atoms with Gasteiger partial charge in [-0.2, -0.15) is 0 Å². The lowest BCUT2D eigenvalue weighted by atomic mass is 10.1. The molecule has 6 nitrogen and oxygen atoms in total. The first-order chi connectivity index (χ1) is 14.7. The summed E-state index contributed by atoms with van der Waals surface area (Å²) in [6, 6.07) is 16.3. The fraction of sp³-hybridized carbons (Fsp3) is 0.458. The van der Waals surface area contributed by atoms with Crippen LogP contribution in [0.4, 0.5) is 0 Å². The molecule has 1 atom stereocenters. The Balaban J connectivity index is 1.54. The van der Waals surface area contributed by atoms with E-state index in [0.717, 1.165) is 55.7 Å². The van der Waals surface area contributed by atoms with Crippen molar-refractivity contribution in [2.45, 2.75) is 26.5 Å². The first-order valence-corrected chi connectivity index (χ1v) is 10.6. The van der Waals surface area contributed by atoms with Gasteiger partial charge in [-0.1, -0.05) is 36.4 Å². The number of benzene rings is 2. The summed E-state index contributed by atoms with van der Waals surface area (Å²) < 4.78 is 16.7. The van der Waals surface area contributed by atoms with Gasteiger partial charge in [0.1, 0.15) is 0 Å². The predicted octanol–water partition coefficient (Wildman–Crippen LogP) is 3.71. The van der Waals surface area contributed by atoms with E-state index >= 15 is 0 Å². The van der Waals surface area contributed by atoms with Crippen LogP contribution in [0.1, 0.15) is 24.5 Å². The number of likely N-dealkylation sites (tertiary alicyclic amines) is 1. The molecule has 1 aliphatic heterocycles. The summed E-state index contributed by atoms with van der Waals surface area (Å²) in [4.78, 5) is 7.19. The number of nitrogens with zero attached hydrogens (tertiary/aromatic N) is 2. The molecule has 1 N–H and O–H groups in total. The van der Waals surface area contributed by atoms with E-state index in [1.165, 1.54) is 5.56 Å². The van der Waals surface area contributed by atoms with Gasteiger partial charge in [-0.05, 0) is 36.6 Å². The standard InChI is InChI=1S/C24H33N3O3/c1-4-25-24(26-15-20-10-11-22(28-2)23(14-20)29-3)27-13-12-21(16-27)18-30-17-19-8-6-5-7-9-19/h5-11,14,21H,4,12-13,15-18H2,1-3H3,(H,25,26). The Morgan fingerprint density at radius 1 is 1.07 bits per heavy atom. The van der Waals surface area contributed by atoms with Crippen LogP contribution in [0.25, 0.3) is 0 Å². The van der Waals surface area contributed by atoms with E-state index in [4.69, 9.17) is 19.2 Å². The highest BCUT2D eigenvalue weighted by molar-refractivity contribution is 5.80. The van der Waals surface area contributed by atoms with Crippen molar-refractivity contribution in [1.29, 1.82) is 0 Å². The molecule has 1 aliphatic rings. The van der Waals surface area contributed by atoms with Gasteiger partial charge in [0.15, 0.2) is 17.5 Å². The third-order valence-corrected chi connectivity index (χ3v) is 5.24. The Morgan fingerprint density at radius 2 is 1.87 bits per heavy atom. The monoisotopic (exact) mass is 411 g/mol. The van der Waals surface area contributed by atoms with Gasteiger partial charge in [0.05, 0.1) is 34.0 Å². The number of aliphatic imine (C=N–C) groups is 1. The van der Waals surface area contributed by atoms with Crippen LogP contribution in [0, 0.1) is 5.92 Å². The molecule has 1 saturated heterocycles. The lowest BCUT2D eigenvalue weighted by Gasteiger charge is -2.22. The largest absolute Gasteiger partial charge is 0.493 e. The maximum atomic E-state index is 5.96. The molecule has 0 saturated carbocycles. The van der Waals surface area contributed by atoms with E-state index < -0.39 is 0 Å². The Labute approximate surface area is 179 Å². The van der Waals surface area contributed by atoms with Crippen molar-refractivity contribution in [1.82, 2.24) is 10.2 Å². The summed E-state index contributed by atoms with van der Waals surface area (Å²) in [5.74, 6) is 2.94. The van der Waals surface area contributed by atoms with Gasteiger partial charge < -0.3 is 24.4 Å². The third kappa shape index (κ3) is 6.13. The lowest BCUT2D eigenvalue weighted by molar-refractivity contribution is 0.0906. The van der Waals surface area contributed by atoms with Crippen LogP contribution in [0.3, 0.4) is 0 Å². The van der Waals surface area contributed by atoms with Crippen molar-refractivity contribution in [2.75, 3.05) is 40.5 Å². The van der Waals surface area contributed by atoms with Gasteiger partial charge in [0.2, 0.25) is 0 Å². The Kier molecular flexibility index (Phi) is 8.39. The van der Waals surface area contributed by atoms with Gasteiger partial charge in [-0.15, -0.1) is 0 Å². The minimum atomic E-state index is 0.527. The third-order valence-electron chi connectivity index (χ3n) is 5.24. The minimum absolute atomic E-state index is 0.527. The number of rotatable bonds is 9. The number of ether oxygens (including phenoxy) is 3. The minimum Gasteiger partial charge on any atom is -0.493 e. The number of hydrogen-bond donors (Lipinski definition) is 1. The average Bonchev–Trinajstić information content (AvgIpc) is 3.26. The smallest absolute Gasteiger partial charge is 0.194 e. The van der Waals surface area contributed by atoms with Crippen LogP contribution < -0.4 is 14.8 Å². The van der Waals surface area contributed by atoms with Gasteiger partial charge in [-0.3, -0.25) is 0 Å². The first kappa shape index (κ1) is 22.0. The van der Waals surface area contributed by atoms with Crippen molar-refractivity contribution in [3.05, 3.63) is 59.7 Å². The zero-order valence-corrected chi connectivity index (χ0v) is 18.3. The fourth-order valence-electron chi connectivity index (χ4n) is 3.65. The van der Waals surface area contributed by atoms with E-state index in [0.29, 0.717) is 19.1 Å². The SMILES string of the molecule is CCNC(=NCc1ccc(OC)c(OC)c1)N1CCC(COCc2ccccc2)C1.